The lowest BCUT2D eigenvalue weighted by molar-refractivity contribution is 0.176. The molecule has 0 bridgehead atoms. The van der Waals surface area contributed by atoms with Crippen LogP contribution >= 0.6 is 0 Å². The third-order valence-electron chi connectivity index (χ3n) is 6.80. The van der Waals surface area contributed by atoms with Crippen LogP contribution in [0.15, 0.2) is 53.3 Å². The molecule has 7 nitrogen and oxygen atoms in total. The van der Waals surface area contributed by atoms with E-state index in [2.05, 4.69) is 63.5 Å². The molecule has 7 heteroatoms. The van der Waals surface area contributed by atoms with Gasteiger partial charge in [-0.15, -0.1) is 5.10 Å². The van der Waals surface area contributed by atoms with Gasteiger partial charge in [0.05, 0.1) is 0 Å². The van der Waals surface area contributed by atoms with Crippen molar-refractivity contribution in [1.29, 1.82) is 0 Å². The molecule has 2 aromatic heterocycles. The largest absolute Gasteiger partial charge is 0.322 e. The predicted octanol–water partition coefficient (Wildman–Crippen LogP) is 3.95. The monoisotopic (exact) mass is 442 g/mol. The van der Waals surface area contributed by atoms with Gasteiger partial charge in [-0.2, -0.15) is 0 Å². The van der Waals surface area contributed by atoms with Gasteiger partial charge in [0.25, 0.3) is 5.56 Å². The van der Waals surface area contributed by atoms with E-state index >= 15 is 0 Å². The number of aryl methyl sites for hydroxylation is 4. The first kappa shape index (κ1) is 21.5. The summed E-state index contributed by atoms with van der Waals surface area (Å²) < 4.78 is 1.87. The second-order valence-corrected chi connectivity index (χ2v) is 9.07. The van der Waals surface area contributed by atoms with E-state index in [-0.39, 0.29) is 11.6 Å². The molecule has 33 heavy (non-hydrogen) atoms. The van der Waals surface area contributed by atoms with Gasteiger partial charge in [0.1, 0.15) is 6.04 Å². The first-order chi connectivity index (χ1) is 16.1. The first-order valence-electron chi connectivity index (χ1n) is 11.8. The number of tetrazole rings is 1. The molecular formula is C26H30N6O. The molecule has 1 N–H and O–H groups in total. The molecule has 0 radical (unpaired) electrons. The molecular weight excluding hydrogens is 412 g/mol. The molecule has 1 saturated heterocycles. The Labute approximate surface area is 193 Å². The van der Waals surface area contributed by atoms with Gasteiger partial charge >= 0.3 is 0 Å². The quantitative estimate of drug-likeness (QED) is 0.489. The number of aromatic amines is 1. The minimum absolute atomic E-state index is 0.0704. The van der Waals surface area contributed by atoms with Crippen LogP contribution in [-0.4, -0.2) is 43.2 Å². The summed E-state index contributed by atoms with van der Waals surface area (Å²) in [5.41, 5.74) is 5.13. The molecule has 4 aromatic rings. The molecule has 2 aromatic carbocycles. The summed E-state index contributed by atoms with van der Waals surface area (Å²) in [6.07, 6.45) is 4.28. The van der Waals surface area contributed by atoms with Crippen LogP contribution in [0.25, 0.3) is 10.9 Å². The maximum absolute atomic E-state index is 13.3. The maximum Gasteiger partial charge on any atom is 0.253 e. The summed E-state index contributed by atoms with van der Waals surface area (Å²) in [5, 5.41) is 13.8. The second kappa shape index (κ2) is 9.27. The number of pyridine rings is 1. The molecule has 1 aliphatic heterocycles. The number of hydrogen-bond donors (Lipinski definition) is 1. The number of rotatable bonds is 6. The van der Waals surface area contributed by atoms with Gasteiger partial charge in [0.2, 0.25) is 0 Å². The van der Waals surface area contributed by atoms with Gasteiger partial charge in [0.15, 0.2) is 5.82 Å². The molecule has 3 heterocycles. The van der Waals surface area contributed by atoms with E-state index in [4.69, 9.17) is 0 Å². The van der Waals surface area contributed by atoms with Crippen molar-refractivity contribution in [2.45, 2.75) is 52.1 Å². The number of H-pyrrole nitrogens is 1. The molecule has 1 aliphatic rings. The molecule has 5 rings (SSSR count). The zero-order valence-electron chi connectivity index (χ0n) is 19.3. The van der Waals surface area contributed by atoms with Gasteiger partial charge in [-0.25, -0.2) is 4.68 Å². The van der Waals surface area contributed by atoms with Gasteiger partial charge in [-0.3, -0.25) is 9.69 Å². The highest BCUT2D eigenvalue weighted by atomic mass is 16.1. The van der Waals surface area contributed by atoms with Crippen LogP contribution in [0.2, 0.25) is 0 Å². The SMILES string of the molecule is Cc1cc2cc([C@H](c3nnnn3CCc3ccccc3)N3CCCCC3)c(=O)[nH]c2cc1C. The van der Waals surface area contributed by atoms with Crippen molar-refractivity contribution in [3.63, 3.8) is 0 Å². The summed E-state index contributed by atoms with van der Waals surface area (Å²) >= 11 is 0. The zero-order chi connectivity index (χ0) is 22.8. The lowest BCUT2D eigenvalue weighted by Crippen LogP contribution is -2.38. The Morgan fingerprint density at radius 2 is 1.76 bits per heavy atom. The van der Waals surface area contributed by atoms with E-state index in [9.17, 15) is 4.79 Å². The molecule has 0 saturated carbocycles. The standard InChI is InChI=1S/C26H30N6O/c1-18-15-21-17-22(26(33)27-23(21)16-19(18)2)24(31-12-7-4-8-13-31)25-28-29-30-32(25)14-11-20-9-5-3-6-10-20/h3,5-6,9-10,15-17,24H,4,7-8,11-14H2,1-2H3,(H,27,33)/t24-/m1/s1. The van der Waals surface area contributed by atoms with Crippen LogP contribution in [0.5, 0.6) is 0 Å². The number of fused-ring (bicyclic) bond motifs is 1. The minimum atomic E-state index is -0.272. The summed E-state index contributed by atoms with van der Waals surface area (Å²) in [7, 11) is 0. The number of piperidine rings is 1. The average Bonchev–Trinajstić information content (AvgIpc) is 3.29. The van der Waals surface area contributed by atoms with Crippen LogP contribution in [0.1, 0.15) is 53.4 Å². The van der Waals surface area contributed by atoms with Gasteiger partial charge in [0, 0.05) is 17.6 Å². The van der Waals surface area contributed by atoms with E-state index in [0.717, 1.165) is 49.1 Å². The number of benzene rings is 2. The highest BCUT2D eigenvalue weighted by molar-refractivity contribution is 5.81. The Morgan fingerprint density at radius 3 is 2.55 bits per heavy atom. The summed E-state index contributed by atoms with van der Waals surface area (Å²) in [4.78, 5) is 18.8. The first-order valence-corrected chi connectivity index (χ1v) is 11.8. The Balaban J connectivity index is 1.57. The van der Waals surface area contributed by atoms with Gasteiger partial charge < -0.3 is 4.98 Å². The van der Waals surface area contributed by atoms with Crippen LogP contribution in [0.4, 0.5) is 0 Å². The lowest BCUT2D eigenvalue weighted by atomic mass is 9.99. The van der Waals surface area contributed by atoms with Crippen molar-refractivity contribution in [2.75, 3.05) is 13.1 Å². The van der Waals surface area contributed by atoms with Crippen molar-refractivity contribution in [2.24, 2.45) is 0 Å². The van der Waals surface area contributed by atoms with Crippen LogP contribution in [-0.2, 0) is 13.0 Å². The Kier molecular flexibility index (Phi) is 6.05. The number of nitrogens with zero attached hydrogens (tertiary/aromatic N) is 5. The molecule has 0 aliphatic carbocycles. The fourth-order valence-corrected chi connectivity index (χ4v) is 4.82. The zero-order valence-corrected chi connectivity index (χ0v) is 19.3. The highest BCUT2D eigenvalue weighted by Crippen LogP contribution is 2.30. The fourth-order valence-electron chi connectivity index (χ4n) is 4.82. The molecule has 0 unspecified atom stereocenters. The van der Waals surface area contributed by atoms with Crippen molar-refractivity contribution >= 4 is 10.9 Å². The van der Waals surface area contributed by atoms with E-state index < -0.39 is 0 Å². The smallest absolute Gasteiger partial charge is 0.253 e. The minimum Gasteiger partial charge on any atom is -0.322 e. The summed E-state index contributed by atoms with van der Waals surface area (Å²) in [5.74, 6) is 0.738. The third-order valence-corrected chi connectivity index (χ3v) is 6.80. The maximum atomic E-state index is 13.3. The van der Waals surface area contributed by atoms with Crippen LogP contribution in [0, 0.1) is 13.8 Å². The molecule has 1 atom stereocenters. The predicted molar refractivity (Wildman–Crippen MR) is 129 cm³/mol. The Bertz CT molecular complexity index is 1300. The molecule has 1 fully saturated rings. The van der Waals surface area contributed by atoms with E-state index in [1.807, 2.05) is 28.9 Å². The number of nitrogens with one attached hydrogen (secondary N) is 1. The number of likely N-dealkylation sites (tertiary alicyclic amines) is 1. The number of aromatic nitrogens is 5. The van der Waals surface area contributed by atoms with Crippen molar-refractivity contribution < 1.29 is 0 Å². The van der Waals surface area contributed by atoms with Crippen molar-refractivity contribution in [1.82, 2.24) is 30.1 Å². The Hall–Kier alpha value is -3.32. The second-order valence-electron chi connectivity index (χ2n) is 9.07. The lowest BCUT2D eigenvalue weighted by Gasteiger charge is -2.33. The molecule has 0 spiro atoms. The van der Waals surface area contributed by atoms with E-state index in [1.54, 1.807) is 0 Å². The number of hydrogen-bond acceptors (Lipinski definition) is 5. The van der Waals surface area contributed by atoms with Gasteiger partial charge in [-0.1, -0.05) is 36.8 Å². The Morgan fingerprint density at radius 1 is 1.00 bits per heavy atom. The average molecular weight is 443 g/mol. The summed E-state index contributed by atoms with van der Waals surface area (Å²) in [6, 6.07) is 16.3. The molecule has 0 amide bonds. The van der Waals surface area contributed by atoms with E-state index in [0.29, 0.717) is 12.1 Å². The van der Waals surface area contributed by atoms with Crippen molar-refractivity contribution in [3.05, 3.63) is 87.0 Å². The normalized spacial score (nSPS) is 15.7. The topological polar surface area (TPSA) is 79.7 Å². The molecule has 170 valence electrons. The van der Waals surface area contributed by atoms with Gasteiger partial charge in [-0.05, 0) is 96.9 Å². The highest BCUT2D eigenvalue weighted by Gasteiger charge is 2.31. The summed E-state index contributed by atoms with van der Waals surface area (Å²) in [6.45, 7) is 6.70. The van der Waals surface area contributed by atoms with Crippen molar-refractivity contribution in [3.8, 4) is 0 Å². The fraction of sp³-hybridized carbons (Fsp3) is 0.385. The van der Waals surface area contributed by atoms with Crippen LogP contribution in [0.3, 0.4) is 0 Å². The third kappa shape index (κ3) is 4.46. The van der Waals surface area contributed by atoms with E-state index in [1.165, 1.54) is 23.1 Å². The van der Waals surface area contributed by atoms with Crippen LogP contribution < -0.4 is 5.56 Å².